The lowest BCUT2D eigenvalue weighted by molar-refractivity contribution is -0.0887. The molecule has 3 heterocycles. The molecule has 0 aromatic carbocycles. The van der Waals surface area contributed by atoms with Crippen LogP contribution in [-0.2, 0) is 22.4 Å². The van der Waals surface area contributed by atoms with Gasteiger partial charge in [0.05, 0.1) is 44.4 Å². The quantitative estimate of drug-likeness (QED) is 0.696. The number of furan rings is 1. The minimum absolute atomic E-state index is 0.161. The maximum absolute atomic E-state index is 12.6. The largest absolute Gasteiger partial charge is 0.455 e. The number of ether oxygens (including phenoxy) is 2. The summed E-state index contributed by atoms with van der Waals surface area (Å²) in [7, 11) is 1.82. The third-order valence-electron chi connectivity index (χ3n) is 6.70. The van der Waals surface area contributed by atoms with E-state index in [1.54, 1.807) is 6.20 Å². The van der Waals surface area contributed by atoms with Crippen LogP contribution in [0.3, 0.4) is 0 Å². The lowest BCUT2D eigenvalue weighted by Crippen LogP contribution is -2.27. The second-order valence-electron chi connectivity index (χ2n) is 8.99. The van der Waals surface area contributed by atoms with Gasteiger partial charge in [0.2, 0.25) is 5.89 Å². The number of aliphatic imine (C=N–C) groups is 1. The second-order valence-corrected chi connectivity index (χ2v) is 8.99. The van der Waals surface area contributed by atoms with E-state index >= 15 is 0 Å². The summed E-state index contributed by atoms with van der Waals surface area (Å²) in [5.74, 6) is 1.45. The number of nitrogens with zero attached hydrogens (tertiary/aromatic N) is 2. The summed E-state index contributed by atoms with van der Waals surface area (Å²) in [4.78, 5) is 21.2. The van der Waals surface area contributed by atoms with E-state index in [-0.39, 0.29) is 17.9 Å². The molecule has 34 heavy (non-hydrogen) atoms. The first-order valence-corrected chi connectivity index (χ1v) is 12.2. The number of hydrogen-bond donors (Lipinski definition) is 1. The van der Waals surface area contributed by atoms with E-state index < -0.39 is 0 Å². The Morgan fingerprint density at radius 2 is 2.15 bits per heavy atom. The molecule has 0 bridgehead atoms. The van der Waals surface area contributed by atoms with Crippen LogP contribution in [0.4, 0.5) is 0 Å². The van der Waals surface area contributed by atoms with Crippen molar-refractivity contribution in [2.45, 2.75) is 65.5 Å². The van der Waals surface area contributed by atoms with E-state index in [4.69, 9.17) is 18.3 Å². The van der Waals surface area contributed by atoms with Gasteiger partial charge in [-0.3, -0.25) is 9.79 Å². The summed E-state index contributed by atoms with van der Waals surface area (Å²) in [6, 6.07) is 0. The molecule has 0 radical (unpaired) electrons. The summed E-state index contributed by atoms with van der Waals surface area (Å²) in [5.41, 5.74) is 4.31. The normalized spacial score (nSPS) is 22.9. The number of amides is 1. The minimum atomic E-state index is -0.253. The fourth-order valence-corrected chi connectivity index (χ4v) is 4.71. The van der Waals surface area contributed by atoms with Crippen molar-refractivity contribution in [1.29, 1.82) is 0 Å². The van der Waals surface area contributed by atoms with Gasteiger partial charge in [0.1, 0.15) is 12.0 Å². The van der Waals surface area contributed by atoms with Crippen LogP contribution in [0.1, 0.15) is 72.9 Å². The molecule has 2 fully saturated rings. The topological polar surface area (TPSA) is 99.1 Å². The van der Waals surface area contributed by atoms with Crippen molar-refractivity contribution in [1.82, 2.24) is 10.3 Å². The summed E-state index contributed by atoms with van der Waals surface area (Å²) in [6.45, 7) is 8.76. The molecule has 2 aromatic rings. The Hall–Kier alpha value is -2.71. The molecular formula is C26H35N3O5. The van der Waals surface area contributed by atoms with E-state index in [0.717, 1.165) is 74.5 Å². The summed E-state index contributed by atoms with van der Waals surface area (Å²) >= 11 is 0. The highest BCUT2D eigenvalue weighted by atomic mass is 16.6. The molecule has 1 N–H and O–H groups in total. The summed E-state index contributed by atoms with van der Waals surface area (Å²) in [5, 5.41) is 2.81. The van der Waals surface area contributed by atoms with Crippen LogP contribution >= 0.6 is 0 Å². The first kappa shape index (κ1) is 24.4. The van der Waals surface area contributed by atoms with Gasteiger partial charge in [-0.2, -0.15) is 0 Å². The predicted molar refractivity (Wildman–Crippen MR) is 128 cm³/mol. The van der Waals surface area contributed by atoms with Crippen LogP contribution in [0.15, 0.2) is 37.9 Å². The summed E-state index contributed by atoms with van der Waals surface area (Å²) < 4.78 is 21.6. The van der Waals surface area contributed by atoms with Crippen molar-refractivity contribution < 1.29 is 23.1 Å². The van der Waals surface area contributed by atoms with E-state index in [1.165, 1.54) is 11.8 Å². The van der Waals surface area contributed by atoms with Gasteiger partial charge in [-0.25, -0.2) is 4.98 Å². The molecular weight excluding hydrogens is 434 g/mol. The molecule has 1 amide bonds. The lowest BCUT2D eigenvalue weighted by atomic mass is 9.77. The fraction of sp³-hybridized carbons (Fsp3) is 0.577. The van der Waals surface area contributed by atoms with Crippen molar-refractivity contribution in [2.24, 2.45) is 10.4 Å². The fourth-order valence-electron chi connectivity index (χ4n) is 4.71. The summed E-state index contributed by atoms with van der Waals surface area (Å²) in [6.07, 6.45) is 10.9. The molecule has 1 aliphatic heterocycles. The Morgan fingerprint density at radius 3 is 2.71 bits per heavy atom. The Kier molecular flexibility index (Phi) is 7.68. The monoisotopic (exact) mass is 469 g/mol. The molecule has 1 unspecified atom stereocenters. The van der Waals surface area contributed by atoms with E-state index in [2.05, 4.69) is 35.2 Å². The highest BCUT2D eigenvalue weighted by Crippen LogP contribution is 2.58. The zero-order valence-corrected chi connectivity index (χ0v) is 20.6. The SMILES string of the molecule is CC/C=C1\C(=NC)c2c(oc(C(=O)NCc3ncco3)c2C)CC12CC2.CCC1COCCO1. The molecule has 2 aromatic heterocycles. The molecule has 5 rings (SSSR count). The number of oxazole rings is 1. The first-order chi connectivity index (χ1) is 16.5. The van der Waals surface area contributed by atoms with Crippen LogP contribution in [0.5, 0.6) is 0 Å². The third kappa shape index (κ3) is 5.03. The van der Waals surface area contributed by atoms with Crippen LogP contribution in [0.25, 0.3) is 0 Å². The Morgan fingerprint density at radius 1 is 1.32 bits per heavy atom. The highest BCUT2D eigenvalue weighted by molar-refractivity contribution is 6.17. The van der Waals surface area contributed by atoms with Gasteiger partial charge >= 0.3 is 0 Å². The highest BCUT2D eigenvalue weighted by Gasteiger charge is 2.52. The van der Waals surface area contributed by atoms with Crippen LogP contribution in [-0.4, -0.2) is 49.6 Å². The predicted octanol–water partition coefficient (Wildman–Crippen LogP) is 4.41. The number of fused-ring (bicyclic) bond motifs is 1. The molecule has 8 nitrogen and oxygen atoms in total. The zero-order valence-electron chi connectivity index (χ0n) is 20.6. The standard InChI is InChI=1S/C20H23N3O3.C6H12O2/c1-4-5-13-17(21-3)16-12(2)18(26-14(16)10-20(13)6-7-20)19(24)23-11-15-22-8-9-25-15;1-2-6-5-7-3-4-8-6/h5,8-9H,4,6-7,10-11H2,1-3H3,(H,23,24);6H,2-5H2,1H3/b13-5+,21-17?;. The van der Waals surface area contributed by atoms with Crippen LogP contribution in [0, 0.1) is 12.3 Å². The average Bonchev–Trinajstić information content (AvgIpc) is 3.27. The zero-order chi connectivity index (χ0) is 24.1. The molecule has 3 aliphatic rings. The molecule has 1 spiro atoms. The Balaban J connectivity index is 0.000000291. The number of carbonyl (C=O) groups excluding carboxylic acids is 1. The maximum atomic E-state index is 12.6. The van der Waals surface area contributed by atoms with Crippen LogP contribution < -0.4 is 5.32 Å². The van der Waals surface area contributed by atoms with E-state index in [1.807, 2.05) is 14.0 Å². The van der Waals surface area contributed by atoms with Crippen molar-refractivity contribution in [3.8, 4) is 0 Å². The van der Waals surface area contributed by atoms with Crippen molar-refractivity contribution >= 4 is 11.6 Å². The smallest absolute Gasteiger partial charge is 0.287 e. The number of nitrogens with one attached hydrogen (secondary N) is 1. The minimum Gasteiger partial charge on any atom is -0.455 e. The van der Waals surface area contributed by atoms with Crippen molar-refractivity contribution in [3.63, 3.8) is 0 Å². The first-order valence-electron chi connectivity index (χ1n) is 12.2. The molecule has 1 saturated carbocycles. The van der Waals surface area contributed by atoms with E-state index in [9.17, 15) is 4.79 Å². The number of rotatable bonds is 5. The molecule has 1 saturated heterocycles. The molecule has 8 heteroatoms. The number of hydrogen-bond acceptors (Lipinski definition) is 7. The van der Waals surface area contributed by atoms with Gasteiger partial charge in [-0.05, 0) is 38.2 Å². The Labute approximate surface area is 200 Å². The van der Waals surface area contributed by atoms with Gasteiger partial charge in [-0.15, -0.1) is 0 Å². The number of aromatic nitrogens is 1. The van der Waals surface area contributed by atoms with Gasteiger partial charge in [0.15, 0.2) is 5.76 Å². The van der Waals surface area contributed by atoms with Gasteiger partial charge in [0.25, 0.3) is 5.91 Å². The van der Waals surface area contributed by atoms with Gasteiger partial charge in [-0.1, -0.05) is 19.9 Å². The maximum Gasteiger partial charge on any atom is 0.287 e. The van der Waals surface area contributed by atoms with Gasteiger partial charge < -0.3 is 23.6 Å². The van der Waals surface area contributed by atoms with Crippen molar-refractivity contribution in [3.05, 3.63) is 52.6 Å². The van der Waals surface area contributed by atoms with Crippen molar-refractivity contribution in [2.75, 3.05) is 26.9 Å². The van der Waals surface area contributed by atoms with Crippen LogP contribution in [0.2, 0.25) is 0 Å². The number of allylic oxidation sites excluding steroid dienone is 2. The molecule has 184 valence electrons. The molecule has 1 atom stereocenters. The van der Waals surface area contributed by atoms with Gasteiger partial charge in [0, 0.05) is 30.0 Å². The second kappa shape index (κ2) is 10.7. The molecule has 2 aliphatic carbocycles. The average molecular weight is 470 g/mol. The van der Waals surface area contributed by atoms with E-state index in [0.29, 0.717) is 17.8 Å². The third-order valence-corrected chi connectivity index (χ3v) is 6.70. The number of carbonyl (C=O) groups is 1. The lowest BCUT2D eigenvalue weighted by Gasteiger charge is -2.26. The Bertz CT molecular complexity index is 1040.